The third kappa shape index (κ3) is 4.54. The second-order valence-electron chi connectivity index (χ2n) is 6.65. The van der Waals surface area contributed by atoms with Gasteiger partial charge in [0.05, 0.1) is 24.2 Å². The average Bonchev–Trinajstić information content (AvgIpc) is 2.67. The number of hydrogen-bond donors (Lipinski definition) is 0. The van der Waals surface area contributed by atoms with Gasteiger partial charge in [-0.15, -0.1) is 0 Å². The van der Waals surface area contributed by atoms with E-state index in [1.807, 2.05) is 19.9 Å². The van der Waals surface area contributed by atoms with Crippen molar-refractivity contribution in [3.05, 3.63) is 62.6 Å². The Morgan fingerprint density at radius 2 is 1.97 bits per heavy atom. The summed E-state index contributed by atoms with van der Waals surface area (Å²) in [5.74, 6) is 0.820. The standard InChI is InChI=1S/C21H20BrN3O4/c1-12(2)20-24-17-7-6-15(22)10-16(17)21(27)25(20)23-11-14-5-8-18(29-13(3)26)19(9-14)28-4/h5-12H,1-4H3. The molecule has 0 amide bonds. The molecule has 1 heterocycles. The van der Waals surface area contributed by atoms with Gasteiger partial charge in [0.2, 0.25) is 0 Å². The predicted molar refractivity (Wildman–Crippen MR) is 115 cm³/mol. The molecule has 1 aromatic heterocycles. The van der Waals surface area contributed by atoms with Gasteiger partial charge < -0.3 is 9.47 Å². The molecule has 0 atom stereocenters. The molecular weight excluding hydrogens is 438 g/mol. The number of nitrogens with zero attached hydrogens (tertiary/aromatic N) is 3. The van der Waals surface area contributed by atoms with Crippen molar-refractivity contribution in [2.45, 2.75) is 26.7 Å². The number of esters is 1. The summed E-state index contributed by atoms with van der Waals surface area (Å²) in [6, 6.07) is 10.4. The summed E-state index contributed by atoms with van der Waals surface area (Å²) in [5, 5.41) is 4.86. The lowest BCUT2D eigenvalue weighted by Gasteiger charge is -2.12. The summed E-state index contributed by atoms with van der Waals surface area (Å²) >= 11 is 3.39. The average molecular weight is 458 g/mol. The van der Waals surface area contributed by atoms with Crippen molar-refractivity contribution >= 4 is 39.0 Å². The number of hydrogen-bond acceptors (Lipinski definition) is 6. The van der Waals surface area contributed by atoms with Crippen LogP contribution < -0.4 is 15.0 Å². The van der Waals surface area contributed by atoms with Gasteiger partial charge in [-0.05, 0) is 42.0 Å². The van der Waals surface area contributed by atoms with Crippen LogP contribution in [-0.2, 0) is 4.79 Å². The lowest BCUT2D eigenvalue weighted by atomic mass is 10.2. The van der Waals surface area contributed by atoms with E-state index in [9.17, 15) is 9.59 Å². The van der Waals surface area contributed by atoms with Crippen molar-refractivity contribution in [3.63, 3.8) is 0 Å². The second kappa shape index (κ2) is 8.57. The molecular formula is C21H20BrN3O4. The van der Waals surface area contributed by atoms with E-state index in [2.05, 4.69) is 26.0 Å². The smallest absolute Gasteiger partial charge is 0.308 e. The third-order valence-corrected chi connectivity index (χ3v) is 4.61. The van der Waals surface area contributed by atoms with Crippen LogP contribution in [0, 0.1) is 0 Å². The first-order valence-corrected chi connectivity index (χ1v) is 9.72. The predicted octanol–water partition coefficient (Wildman–Crippen LogP) is 4.10. The summed E-state index contributed by atoms with van der Waals surface area (Å²) in [4.78, 5) is 28.8. The highest BCUT2D eigenvalue weighted by Gasteiger charge is 2.14. The topological polar surface area (TPSA) is 82.8 Å². The van der Waals surface area contributed by atoms with E-state index in [-0.39, 0.29) is 11.5 Å². The summed E-state index contributed by atoms with van der Waals surface area (Å²) in [7, 11) is 1.48. The van der Waals surface area contributed by atoms with Gasteiger partial charge >= 0.3 is 5.97 Å². The number of carbonyl (C=O) groups is 1. The molecule has 0 saturated heterocycles. The van der Waals surface area contributed by atoms with Gasteiger partial charge in [0, 0.05) is 17.3 Å². The van der Waals surface area contributed by atoms with Gasteiger partial charge in [0.15, 0.2) is 11.5 Å². The van der Waals surface area contributed by atoms with Crippen LogP contribution in [0.15, 0.2) is 50.8 Å². The molecule has 0 radical (unpaired) electrons. The van der Waals surface area contributed by atoms with E-state index >= 15 is 0 Å². The second-order valence-corrected chi connectivity index (χ2v) is 7.57. The maximum Gasteiger partial charge on any atom is 0.308 e. The first kappa shape index (κ1) is 20.7. The Morgan fingerprint density at radius 3 is 2.62 bits per heavy atom. The third-order valence-electron chi connectivity index (χ3n) is 4.11. The number of rotatable bonds is 5. The summed E-state index contributed by atoms with van der Waals surface area (Å²) < 4.78 is 12.5. The molecule has 7 nitrogen and oxygen atoms in total. The molecule has 0 aliphatic heterocycles. The van der Waals surface area contributed by atoms with Gasteiger partial charge in [0.25, 0.3) is 5.56 Å². The van der Waals surface area contributed by atoms with Crippen LogP contribution in [0.1, 0.15) is 38.1 Å². The molecule has 3 aromatic rings. The maximum absolute atomic E-state index is 13.0. The Balaban J connectivity index is 2.08. The lowest BCUT2D eigenvalue weighted by Crippen LogP contribution is -2.23. The number of aromatic nitrogens is 2. The Morgan fingerprint density at radius 1 is 1.21 bits per heavy atom. The number of benzene rings is 2. The van der Waals surface area contributed by atoms with Gasteiger partial charge in [-0.1, -0.05) is 29.8 Å². The molecule has 0 N–H and O–H groups in total. The number of ether oxygens (including phenoxy) is 2. The fraction of sp³-hybridized carbons (Fsp3) is 0.238. The van der Waals surface area contributed by atoms with E-state index in [1.165, 1.54) is 18.7 Å². The van der Waals surface area contributed by atoms with Crippen molar-refractivity contribution in [2.24, 2.45) is 5.10 Å². The van der Waals surface area contributed by atoms with Gasteiger partial charge in [0.1, 0.15) is 5.82 Å². The Labute approximate surface area is 176 Å². The fourth-order valence-corrected chi connectivity index (χ4v) is 3.14. The minimum atomic E-state index is -0.439. The van der Waals surface area contributed by atoms with Gasteiger partial charge in [-0.2, -0.15) is 9.78 Å². The van der Waals surface area contributed by atoms with Crippen LogP contribution in [0.2, 0.25) is 0 Å². The van der Waals surface area contributed by atoms with Crippen LogP contribution >= 0.6 is 15.9 Å². The van der Waals surface area contributed by atoms with E-state index in [1.54, 1.807) is 36.5 Å². The SMILES string of the molecule is COc1cc(C=Nn2c(C(C)C)nc3ccc(Br)cc3c2=O)ccc1OC(C)=O. The molecule has 0 aliphatic rings. The van der Waals surface area contributed by atoms with E-state index in [4.69, 9.17) is 9.47 Å². The number of carbonyl (C=O) groups excluding carboxylic acids is 1. The molecule has 0 aliphatic carbocycles. The molecule has 150 valence electrons. The zero-order valence-electron chi connectivity index (χ0n) is 16.5. The lowest BCUT2D eigenvalue weighted by molar-refractivity contribution is -0.132. The van der Waals surface area contributed by atoms with Crippen LogP contribution in [0.5, 0.6) is 11.5 Å². The molecule has 0 unspecified atom stereocenters. The quantitative estimate of drug-likeness (QED) is 0.327. The van der Waals surface area contributed by atoms with Crippen LogP contribution in [-0.4, -0.2) is 29.0 Å². The number of halogens is 1. The highest BCUT2D eigenvalue weighted by Crippen LogP contribution is 2.27. The van der Waals surface area contributed by atoms with Crippen molar-refractivity contribution in [1.29, 1.82) is 0 Å². The normalized spacial score (nSPS) is 11.4. The maximum atomic E-state index is 13.0. The highest BCUT2D eigenvalue weighted by molar-refractivity contribution is 9.10. The molecule has 8 heteroatoms. The Bertz CT molecular complexity index is 1170. The first-order chi connectivity index (χ1) is 13.8. The van der Waals surface area contributed by atoms with Crippen molar-refractivity contribution in [1.82, 2.24) is 9.66 Å². The number of fused-ring (bicyclic) bond motifs is 1. The van der Waals surface area contributed by atoms with E-state index < -0.39 is 5.97 Å². The summed E-state index contributed by atoms with van der Waals surface area (Å²) in [6.45, 7) is 5.23. The molecule has 29 heavy (non-hydrogen) atoms. The van der Waals surface area contributed by atoms with Crippen LogP contribution in [0.3, 0.4) is 0 Å². The van der Waals surface area contributed by atoms with Crippen LogP contribution in [0.25, 0.3) is 10.9 Å². The first-order valence-electron chi connectivity index (χ1n) is 8.93. The molecule has 0 fully saturated rings. The number of methoxy groups -OCH3 is 1. The molecule has 0 spiro atoms. The van der Waals surface area contributed by atoms with Gasteiger partial charge in [-0.25, -0.2) is 4.98 Å². The fourth-order valence-electron chi connectivity index (χ4n) is 2.78. The molecule has 3 rings (SSSR count). The Kier molecular flexibility index (Phi) is 6.12. The molecule has 0 bridgehead atoms. The van der Waals surface area contributed by atoms with E-state index in [0.717, 1.165) is 4.47 Å². The monoisotopic (exact) mass is 457 g/mol. The van der Waals surface area contributed by atoms with E-state index in [0.29, 0.717) is 33.8 Å². The zero-order chi connectivity index (χ0) is 21.1. The van der Waals surface area contributed by atoms with Crippen molar-refractivity contribution in [2.75, 3.05) is 7.11 Å². The highest BCUT2D eigenvalue weighted by atomic mass is 79.9. The van der Waals surface area contributed by atoms with Crippen molar-refractivity contribution < 1.29 is 14.3 Å². The van der Waals surface area contributed by atoms with Crippen LogP contribution in [0.4, 0.5) is 0 Å². The largest absolute Gasteiger partial charge is 0.493 e. The molecule has 0 saturated carbocycles. The zero-order valence-corrected chi connectivity index (χ0v) is 18.1. The minimum absolute atomic E-state index is 0.00576. The van der Waals surface area contributed by atoms with Crippen molar-refractivity contribution in [3.8, 4) is 11.5 Å². The Hall–Kier alpha value is -3.00. The minimum Gasteiger partial charge on any atom is -0.493 e. The molecule has 2 aromatic carbocycles. The summed E-state index contributed by atoms with van der Waals surface area (Å²) in [5.41, 5.74) is 1.05. The van der Waals surface area contributed by atoms with Gasteiger partial charge in [-0.3, -0.25) is 9.59 Å². The summed E-state index contributed by atoms with van der Waals surface area (Å²) in [6.07, 6.45) is 1.54.